The third-order valence-corrected chi connectivity index (χ3v) is 8.54. The second-order valence-electron chi connectivity index (χ2n) is 10.4. The van der Waals surface area contributed by atoms with Crippen LogP contribution in [-0.4, -0.2) is 54.8 Å². The maximum absolute atomic E-state index is 12.7. The molecular formula is C28H52N3O6P. The molecule has 1 unspecified atom stereocenters. The van der Waals surface area contributed by atoms with E-state index >= 15 is 0 Å². The minimum absolute atomic E-state index is 0.0234. The molecule has 10 heteroatoms. The highest BCUT2D eigenvalue weighted by Gasteiger charge is 2.32. The number of hydrogen-bond donors (Lipinski definition) is 1. The molecule has 2 N–H and O–H groups in total. The van der Waals surface area contributed by atoms with E-state index in [1.54, 1.807) is 12.3 Å². The lowest BCUT2D eigenvalue weighted by Crippen LogP contribution is -2.35. The molecule has 2 atom stereocenters. The predicted octanol–water partition coefficient (Wildman–Crippen LogP) is 6.34. The Labute approximate surface area is 229 Å². The molecule has 2 heterocycles. The van der Waals surface area contributed by atoms with Crippen molar-refractivity contribution in [2.45, 2.75) is 116 Å². The van der Waals surface area contributed by atoms with E-state index in [4.69, 9.17) is 24.5 Å². The number of anilines is 1. The number of nitrogens with zero attached hydrogens (tertiary/aromatic N) is 2. The summed E-state index contributed by atoms with van der Waals surface area (Å²) >= 11 is 0. The Morgan fingerprint density at radius 1 is 0.921 bits per heavy atom. The molecule has 0 aromatic carbocycles. The molecule has 1 saturated heterocycles. The first-order valence-corrected chi connectivity index (χ1v) is 16.8. The van der Waals surface area contributed by atoms with Crippen molar-refractivity contribution in [1.82, 2.24) is 9.55 Å². The van der Waals surface area contributed by atoms with Crippen molar-refractivity contribution in [2.75, 3.05) is 44.9 Å². The van der Waals surface area contributed by atoms with Gasteiger partial charge in [-0.2, -0.15) is 4.98 Å². The summed E-state index contributed by atoms with van der Waals surface area (Å²) in [4.78, 5) is 15.5. The van der Waals surface area contributed by atoms with Crippen molar-refractivity contribution in [3.05, 3.63) is 22.7 Å². The van der Waals surface area contributed by atoms with E-state index in [0.29, 0.717) is 13.2 Å². The molecule has 0 radical (unpaired) electrons. The Bertz CT molecular complexity index is 825. The number of unbranched alkanes of at least 4 members (excludes halogenated alkanes) is 13. The average molecular weight is 558 g/mol. The highest BCUT2D eigenvalue weighted by atomic mass is 31.2. The van der Waals surface area contributed by atoms with Gasteiger partial charge in [-0.05, 0) is 18.9 Å². The van der Waals surface area contributed by atoms with Crippen molar-refractivity contribution >= 4 is 13.2 Å². The smallest absolute Gasteiger partial charge is 0.349 e. The molecule has 38 heavy (non-hydrogen) atoms. The summed E-state index contributed by atoms with van der Waals surface area (Å²) in [7, 11) is -2.98. The number of aromatic nitrogens is 2. The van der Waals surface area contributed by atoms with Gasteiger partial charge in [-0.3, -0.25) is 9.13 Å². The van der Waals surface area contributed by atoms with Gasteiger partial charge in [-0.15, -0.1) is 0 Å². The molecule has 0 saturated carbocycles. The number of hydrogen-bond acceptors (Lipinski definition) is 8. The Balaban J connectivity index is 1.33. The summed E-state index contributed by atoms with van der Waals surface area (Å²) in [6, 6.07) is 1.55. The Morgan fingerprint density at radius 3 is 2.08 bits per heavy atom. The van der Waals surface area contributed by atoms with Crippen molar-refractivity contribution in [1.29, 1.82) is 0 Å². The fourth-order valence-corrected chi connectivity index (χ4v) is 5.98. The molecule has 1 fully saturated rings. The lowest BCUT2D eigenvalue weighted by molar-refractivity contribution is -0.00304. The van der Waals surface area contributed by atoms with Crippen LogP contribution < -0.4 is 11.4 Å². The molecule has 1 aromatic rings. The zero-order valence-electron chi connectivity index (χ0n) is 23.7. The van der Waals surface area contributed by atoms with Gasteiger partial charge < -0.3 is 24.5 Å². The van der Waals surface area contributed by atoms with Gasteiger partial charge >= 0.3 is 5.69 Å². The van der Waals surface area contributed by atoms with Gasteiger partial charge in [0.25, 0.3) is 7.37 Å². The molecule has 1 aliphatic rings. The first kappa shape index (κ1) is 33.0. The van der Waals surface area contributed by atoms with Crippen molar-refractivity contribution in [3.63, 3.8) is 0 Å². The van der Waals surface area contributed by atoms with Crippen molar-refractivity contribution < 1.29 is 23.3 Å². The maximum Gasteiger partial charge on any atom is 0.349 e. The van der Waals surface area contributed by atoms with Crippen LogP contribution in [0.5, 0.6) is 0 Å². The van der Waals surface area contributed by atoms with Gasteiger partial charge in [-0.25, -0.2) is 4.79 Å². The Morgan fingerprint density at radius 2 is 1.50 bits per heavy atom. The van der Waals surface area contributed by atoms with Crippen LogP contribution in [0.3, 0.4) is 0 Å². The number of nitrogen functional groups attached to an aromatic ring is 1. The number of ether oxygens (including phenoxy) is 3. The zero-order chi connectivity index (χ0) is 27.3. The molecule has 9 nitrogen and oxygen atoms in total. The minimum atomic E-state index is -2.98. The summed E-state index contributed by atoms with van der Waals surface area (Å²) in [6.45, 7) is 4.59. The second kappa shape index (κ2) is 20.6. The summed E-state index contributed by atoms with van der Waals surface area (Å²) in [5, 5.41) is 0. The first-order chi connectivity index (χ1) is 18.5. The molecular weight excluding hydrogens is 505 g/mol. The number of rotatable bonds is 23. The molecule has 220 valence electrons. The van der Waals surface area contributed by atoms with E-state index in [2.05, 4.69) is 11.9 Å². The van der Waals surface area contributed by atoms with E-state index in [1.165, 1.54) is 88.0 Å². The van der Waals surface area contributed by atoms with Crippen LogP contribution in [0.2, 0.25) is 0 Å². The first-order valence-electron chi connectivity index (χ1n) is 14.8. The Hall–Kier alpha value is -1.25. The quantitative estimate of drug-likeness (QED) is 0.122. The minimum Gasteiger partial charge on any atom is -0.383 e. The summed E-state index contributed by atoms with van der Waals surface area (Å²) in [5.74, 6) is 0.175. The molecule has 0 bridgehead atoms. The monoisotopic (exact) mass is 557 g/mol. The van der Waals surface area contributed by atoms with Gasteiger partial charge in [-0.1, -0.05) is 90.4 Å². The molecule has 0 aliphatic carbocycles. The van der Waals surface area contributed by atoms with Crippen LogP contribution in [0.1, 0.15) is 103 Å². The third kappa shape index (κ3) is 15.4. The van der Waals surface area contributed by atoms with E-state index in [1.807, 2.05) is 0 Å². The van der Waals surface area contributed by atoms with Gasteiger partial charge in [0, 0.05) is 26.0 Å². The van der Waals surface area contributed by atoms with E-state index in [-0.39, 0.29) is 37.8 Å². The fraction of sp³-hybridized carbons (Fsp3) is 0.857. The largest absolute Gasteiger partial charge is 0.383 e. The van der Waals surface area contributed by atoms with Gasteiger partial charge in [0.1, 0.15) is 24.6 Å². The summed E-state index contributed by atoms with van der Waals surface area (Å²) in [5.41, 5.74) is 5.05. The predicted molar refractivity (Wildman–Crippen MR) is 153 cm³/mol. The van der Waals surface area contributed by atoms with Gasteiger partial charge in [0.05, 0.1) is 13.2 Å². The fourth-order valence-electron chi connectivity index (χ4n) is 4.47. The standard InChI is InChI=1S/C28H52N3O6P/c1-2-3-4-5-6-7-8-9-10-11-12-13-14-15-19-34-20-16-21-35-24-38(33)25-36-26(23-37-38)22-31-18-17-27(29)30-28(31)32/h17-18,26H,2-16,19-25H2,1H3,(H2,29,30,32)/t26-,38?/m0/s1. The lowest BCUT2D eigenvalue weighted by Gasteiger charge is -2.29. The highest BCUT2D eigenvalue weighted by molar-refractivity contribution is 7.58. The number of nitrogens with two attached hydrogens (primary N) is 1. The van der Waals surface area contributed by atoms with Crippen LogP contribution in [0.25, 0.3) is 0 Å². The topological polar surface area (TPSA) is 115 Å². The third-order valence-electron chi connectivity index (χ3n) is 6.81. The molecule has 2 rings (SSSR count). The van der Waals surface area contributed by atoms with Crippen LogP contribution in [0, 0.1) is 0 Å². The van der Waals surface area contributed by atoms with Crippen LogP contribution in [0.15, 0.2) is 17.1 Å². The van der Waals surface area contributed by atoms with Crippen LogP contribution in [-0.2, 0) is 29.8 Å². The maximum atomic E-state index is 12.7. The highest BCUT2D eigenvalue weighted by Crippen LogP contribution is 2.49. The molecule has 0 amide bonds. The lowest BCUT2D eigenvalue weighted by atomic mass is 10.0. The molecule has 1 aromatic heterocycles. The molecule has 1 aliphatic heterocycles. The SMILES string of the molecule is CCCCCCCCCCCCCCCCOCCCOCP1(=O)CO[C@@H](Cn2ccc(N)nc2=O)CO1. The van der Waals surface area contributed by atoms with Crippen LogP contribution in [0.4, 0.5) is 5.82 Å². The second-order valence-corrected chi connectivity index (χ2v) is 12.8. The summed E-state index contributed by atoms with van der Waals surface area (Å²) in [6.07, 6.45) is 20.9. The normalized spacial score (nSPS) is 19.7. The van der Waals surface area contributed by atoms with Crippen molar-refractivity contribution in [3.8, 4) is 0 Å². The average Bonchev–Trinajstić information content (AvgIpc) is 2.90. The van der Waals surface area contributed by atoms with E-state index in [9.17, 15) is 9.36 Å². The van der Waals surface area contributed by atoms with Gasteiger partial charge in [0.15, 0.2) is 0 Å². The van der Waals surface area contributed by atoms with E-state index < -0.39 is 13.1 Å². The summed E-state index contributed by atoms with van der Waals surface area (Å²) < 4.78 is 36.6. The Kier molecular flexibility index (Phi) is 17.9. The van der Waals surface area contributed by atoms with Gasteiger partial charge in [0.2, 0.25) is 0 Å². The van der Waals surface area contributed by atoms with Crippen molar-refractivity contribution in [2.24, 2.45) is 0 Å². The van der Waals surface area contributed by atoms with Crippen LogP contribution >= 0.6 is 7.37 Å². The zero-order valence-corrected chi connectivity index (χ0v) is 24.6. The van der Waals surface area contributed by atoms with E-state index in [0.717, 1.165) is 19.4 Å². The molecule has 0 spiro atoms.